The molecule has 96 valence electrons. The van der Waals surface area contributed by atoms with E-state index in [0.29, 0.717) is 6.61 Å². The van der Waals surface area contributed by atoms with E-state index >= 15 is 0 Å². The maximum atomic E-state index is 11.1. The summed E-state index contributed by atoms with van der Waals surface area (Å²) < 4.78 is 4.79. The summed E-state index contributed by atoms with van der Waals surface area (Å²) in [5, 5.41) is 11.4. The number of esters is 1. The van der Waals surface area contributed by atoms with Crippen molar-refractivity contribution < 1.29 is 14.6 Å². The molecule has 3 heteroatoms. The fraction of sp³-hybridized carbons (Fsp3) is 0.188. The Morgan fingerprint density at radius 1 is 1.21 bits per heavy atom. The summed E-state index contributed by atoms with van der Waals surface area (Å²) in [6, 6.07) is 10.9. The number of rotatable bonds is 2. The van der Waals surface area contributed by atoms with Crippen molar-refractivity contribution in [3.05, 3.63) is 42.0 Å². The van der Waals surface area contributed by atoms with Crippen LogP contribution in [0.2, 0.25) is 0 Å². The van der Waals surface area contributed by atoms with Crippen LogP contribution >= 0.6 is 0 Å². The Morgan fingerprint density at radius 3 is 2.79 bits per heavy atom. The number of fused-ring (bicyclic) bond motifs is 1. The molecule has 3 nitrogen and oxygen atoms in total. The second-order valence-corrected chi connectivity index (χ2v) is 4.03. The van der Waals surface area contributed by atoms with Gasteiger partial charge in [-0.3, -0.25) is 4.79 Å². The van der Waals surface area contributed by atoms with Gasteiger partial charge in [-0.15, -0.1) is 0 Å². The highest BCUT2D eigenvalue weighted by Gasteiger charge is 1.98. The molecule has 2 rings (SSSR count). The predicted molar refractivity (Wildman–Crippen MR) is 73.7 cm³/mol. The Balaban J connectivity index is 2.17. The molecule has 0 amide bonds. The van der Waals surface area contributed by atoms with Gasteiger partial charge in [0.05, 0.1) is 6.61 Å². The first-order valence-corrected chi connectivity index (χ1v) is 6.06. The number of carbonyl (C=O) groups is 1. The van der Waals surface area contributed by atoms with E-state index in [1.165, 1.54) is 0 Å². The van der Waals surface area contributed by atoms with Gasteiger partial charge in [0.1, 0.15) is 12.2 Å². The molecule has 0 aliphatic carbocycles. The average molecular weight is 254 g/mol. The van der Waals surface area contributed by atoms with Gasteiger partial charge in [-0.2, -0.15) is 0 Å². The van der Waals surface area contributed by atoms with Crippen LogP contribution in [0.5, 0.6) is 5.75 Å². The van der Waals surface area contributed by atoms with E-state index in [0.717, 1.165) is 16.3 Å². The third kappa shape index (κ3) is 3.49. The number of ether oxygens (including phenoxy) is 1. The summed E-state index contributed by atoms with van der Waals surface area (Å²) >= 11 is 0. The van der Waals surface area contributed by atoms with Crippen LogP contribution in [0.25, 0.3) is 10.8 Å². The molecule has 1 N–H and O–H groups in total. The third-order valence-electron chi connectivity index (χ3n) is 2.59. The molecule has 2 aromatic rings. The molecule has 0 aliphatic rings. The Bertz CT molecular complexity index is 662. The lowest BCUT2D eigenvalue weighted by molar-refractivity contribution is -0.141. The maximum absolute atomic E-state index is 11.1. The van der Waals surface area contributed by atoms with Crippen LogP contribution in [0.1, 0.15) is 18.9 Å². The van der Waals surface area contributed by atoms with E-state index in [1.54, 1.807) is 19.1 Å². The van der Waals surface area contributed by atoms with Gasteiger partial charge in [0, 0.05) is 5.56 Å². The lowest BCUT2D eigenvalue weighted by Crippen LogP contribution is -2.01. The quantitative estimate of drug-likeness (QED) is 0.662. The Hall–Kier alpha value is -2.47. The highest BCUT2D eigenvalue weighted by atomic mass is 16.5. The van der Waals surface area contributed by atoms with Crippen LogP contribution in [0.3, 0.4) is 0 Å². The van der Waals surface area contributed by atoms with Crippen molar-refractivity contribution in [2.45, 2.75) is 13.3 Å². The molecule has 0 bridgehead atoms. The van der Waals surface area contributed by atoms with E-state index in [9.17, 15) is 9.90 Å². The zero-order chi connectivity index (χ0) is 13.7. The van der Waals surface area contributed by atoms with Crippen molar-refractivity contribution in [1.29, 1.82) is 0 Å². The van der Waals surface area contributed by atoms with E-state index < -0.39 is 0 Å². The number of phenolic OH excluding ortho intramolecular Hbond substituents is 1. The molecular formula is C16H14O3. The van der Waals surface area contributed by atoms with Crippen molar-refractivity contribution >= 4 is 16.7 Å². The highest BCUT2D eigenvalue weighted by Crippen LogP contribution is 2.20. The Labute approximate surface area is 111 Å². The average Bonchev–Trinajstić information content (AvgIpc) is 2.38. The van der Waals surface area contributed by atoms with Crippen LogP contribution in [-0.2, 0) is 9.53 Å². The molecule has 0 atom stereocenters. The van der Waals surface area contributed by atoms with Crippen LogP contribution in [0, 0.1) is 11.8 Å². The fourth-order valence-electron chi connectivity index (χ4n) is 1.74. The molecule has 0 saturated carbocycles. The molecule has 0 unspecified atom stereocenters. The van der Waals surface area contributed by atoms with Crippen LogP contribution in [0.4, 0.5) is 0 Å². The highest BCUT2D eigenvalue weighted by molar-refractivity contribution is 5.85. The largest absolute Gasteiger partial charge is 0.508 e. The fourth-order valence-corrected chi connectivity index (χ4v) is 1.74. The summed E-state index contributed by atoms with van der Waals surface area (Å²) in [5.41, 5.74) is 0.808. The minimum Gasteiger partial charge on any atom is -0.508 e. The lowest BCUT2D eigenvalue weighted by Gasteiger charge is -1.99. The van der Waals surface area contributed by atoms with Crippen molar-refractivity contribution in [3.8, 4) is 17.6 Å². The van der Waals surface area contributed by atoms with Crippen molar-refractivity contribution in [2.24, 2.45) is 0 Å². The molecule has 0 spiro atoms. The summed E-state index contributed by atoms with van der Waals surface area (Å²) in [7, 11) is 0. The van der Waals surface area contributed by atoms with Gasteiger partial charge in [0.25, 0.3) is 0 Å². The predicted octanol–water partition coefficient (Wildman–Crippen LogP) is 2.85. The number of hydrogen-bond acceptors (Lipinski definition) is 3. The van der Waals surface area contributed by atoms with E-state index in [1.807, 2.05) is 24.3 Å². The van der Waals surface area contributed by atoms with Crippen LogP contribution < -0.4 is 0 Å². The second-order valence-electron chi connectivity index (χ2n) is 4.03. The Morgan fingerprint density at radius 2 is 2.00 bits per heavy atom. The number of benzene rings is 2. The molecule has 0 saturated heterocycles. The lowest BCUT2D eigenvalue weighted by atomic mass is 10.1. The SMILES string of the molecule is CCOC(=O)CC#Cc1ccc2ccc(O)cc2c1. The minimum atomic E-state index is -0.312. The van der Waals surface area contributed by atoms with E-state index in [2.05, 4.69) is 11.8 Å². The van der Waals surface area contributed by atoms with Gasteiger partial charge in [0.15, 0.2) is 0 Å². The number of phenols is 1. The van der Waals surface area contributed by atoms with Gasteiger partial charge >= 0.3 is 5.97 Å². The second kappa shape index (κ2) is 5.92. The summed E-state index contributed by atoms with van der Waals surface area (Å²) in [5.74, 6) is 5.61. The number of carbonyl (C=O) groups excluding carboxylic acids is 1. The number of aromatic hydroxyl groups is 1. The number of hydrogen-bond donors (Lipinski definition) is 1. The molecule has 0 aromatic heterocycles. The maximum Gasteiger partial charge on any atom is 0.317 e. The third-order valence-corrected chi connectivity index (χ3v) is 2.59. The van der Waals surface area contributed by atoms with Crippen molar-refractivity contribution in [3.63, 3.8) is 0 Å². The van der Waals surface area contributed by atoms with Gasteiger partial charge in [-0.1, -0.05) is 24.0 Å². The zero-order valence-electron chi connectivity index (χ0n) is 10.6. The first-order valence-electron chi connectivity index (χ1n) is 6.06. The molecule has 0 heterocycles. The zero-order valence-corrected chi connectivity index (χ0v) is 10.6. The van der Waals surface area contributed by atoms with Crippen molar-refractivity contribution in [2.75, 3.05) is 6.61 Å². The summed E-state index contributed by atoms with van der Waals surface area (Å²) in [4.78, 5) is 11.1. The summed E-state index contributed by atoms with van der Waals surface area (Å²) in [6.45, 7) is 2.14. The first-order chi connectivity index (χ1) is 9.19. The van der Waals surface area contributed by atoms with Crippen LogP contribution in [0.15, 0.2) is 36.4 Å². The molecule has 0 fully saturated rings. The molecular weight excluding hydrogens is 240 g/mol. The van der Waals surface area contributed by atoms with Gasteiger partial charge in [-0.05, 0) is 42.0 Å². The van der Waals surface area contributed by atoms with Gasteiger partial charge < -0.3 is 9.84 Å². The first kappa shape index (κ1) is 13.0. The topological polar surface area (TPSA) is 46.5 Å². The standard InChI is InChI=1S/C16H14O3/c1-2-19-16(18)5-3-4-12-6-7-13-8-9-15(17)11-14(13)10-12/h6-11,17H,2,5H2,1H3. The van der Waals surface area contributed by atoms with E-state index in [4.69, 9.17) is 4.74 Å². The molecule has 19 heavy (non-hydrogen) atoms. The van der Waals surface area contributed by atoms with Crippen molar-refractivity contribution in [1.82, 2.24) is 0 Å². The molecule has 0 aliphatic heterocycles. The minimum absolute atomic E-state index is 0.0892. The summed E-state index contributed by atoms with van der Waals surface area (Å²) in [6.07, 6.45) is 0.0892. The van der Waals surface area contributed by atoms with E-state index in [-0.39, 0.29) is 18.1 Å². The normalized spacial score (nSPS) is 9.74. The smallest absolute Gasteiger partial charge is 0.317 e. The Kier molecular flexibility index (Phi) is 4.04. The molecule has 2 aromatic carbocycles. The monoisotopic (exact) mass is 254 g/mol. The van der Waals surface area contributed by atoms with Gasteiger partial charge in [0.2, 0.25) is 0 Å². The molecule has 0 radical (unpaired) electrons. The van der Waals surface area contributed by atoms with Gasteiger partial charge in [-0.25, -0.2) is 0 Å². The van der Waals surface area contributed by atoms with Crippen LogP contribution in [-0.4, -0.2) is 17.7 Å².